The second-order valence-electron chi connectivity index (χ2n) is 4.96. The molecule has 0 amide bonds. The van der Waals surface area contributed by atoms with Crippen LogP contribution in [0.2, 0.25) is 0 Å². The number of fused-ring (bicyclic) bond motifs is 2. The van der Waals surface area contributed by atoms with Gasteiger partial charge in [0.05, 0.1) is 18.6 Å². The van der Waals surface area contributed by atoms with E-state index in [0.29, 0.717) is 12.2 Å². The first-order valence-electron chi connectivity index (χ1n) is 7.19. The highest BCUT2D eigenvalue weighted by molar-refractivity contribution is 7.11. The second kappa shape index (κ2) is 6.30. The van der Waals surface area contributed by atoms with Gasteiger partial charge in [-0.05, 0) is 53.3 Å². The third-order valence-corrected chi connectivity index (χ3v) is 4.49. The summed E-state index contributed by atoms with van der Waals surface area (Å²) in [7, 11) is 1.62. The molecule has 1 heterocycles. The van der Waals surface area contributed by atoms with Crippen LogP contribution in [0.4, 0.5) is 0 Å². The quantitative estimate of drug-likeness (QED) is 0.686. The predicted octanol–water partition coefficient (Wildman–Crippen LogP) is 3.91. The molecule has 1 aromatic heterocycles. The lowest BCUT2D eigenvalue weighted by Gasteiger charge is -2.10. The molecule has 0 saturated heterocycles. The van der Waals surface area contributed by atoms with E-state index >= 15 is 0 Å². The van der Waals surface area contributed by atoms with Crippen molar-refractivity contribution in [3.8, 4) is 5.75 Å². The number of methoxy groups -OCH3 is 1. The highest BCUT2D eigenvalue weighted by atomic mass is 32.1. The first kappa shape index (κ1) is 15.4. The number of phenolic OH excluding ortho intramolecular Hbond substituents is 1. The smallest absolute Gasteiger partial charge is 0.331 e. The van der Waals surface area contributed by atoms with Crippen LogP contribution in [0.1, 0.15) is 28.5 Å². The van der Waals surface area contributed by atoms with E-state index < -0.39 is 5.97 Å². The fraction of sp³-hybridized carbons (Fsp3) is 0.167. The molecular formula is C18H16O4S. The summed E-state index contributed by atoms with van der Waals surface area (Å²) in [6, 6.07) is 7.01. The molecule has 0 fully saturated rings. The summed E-state index contributed by atoms with van der Waals surface area (Å²) >= 11 is 1.54. The van der Waals surface area contributed by atoms with Crippen LogP contribution in [-0.4, -0.2) is 24.8 Å². The standard InChI is InChI=1S/C18H16O4S/c1-3-22-17(20)10-15-13-6-7-23-18(13)16(21-2)8-11-4-5-12(19)9-14(11)15/h4-10,19H,3H2,1-2H3/b15-10+. The van der Waals surface area contributed by atoms with Gasteiger partial charge in [0.1, 0.15) is 11.5 Å². The Morgan fingerprint density at radius 1 is 1.30 bits per heavy atom. The average molecular weight is 328 g/mol. The van der Waals surface area contributed by atoms with E-state index in [1.807, 2.05) is 17.5 Å². The Morgan fingerprint density at radius 3 is 2.87 bits per heavy atom. The number of esters is 1. The van der Waals surface area contributed by atoms with Crippen molar-refractivity contribution in [3.05, 3.63) is 57.3 Å². The van der Waals surface area contributed by atoms with Crippen molar-refractivity contribution in [2.45, 2.75) is 6.92 Å². The summed E-state index contributed by atoms with van der Waals surface area (Å²) in [5.41, 5.74) is 3.25. The minimum absolute atomic E-state index is 0.143. The third kappa shape index (κ3) is 2.87. The monoisotopic (exact) mass is 328 g/mol. The molecule has 1 aliphatic rings. The highest BCUT2D eigenvalue weighted by Crippen LogP contribution is 2.41. The summed E-state index contributed by atoms with van der Waals surface area (Å²) in [5, 5.41) is 11.8. The van der Waals surface area contributed by atoms with Crippen molar-refractivity contribution in [2.75, 3.05) is 13.7 Å². The Balaban J connectivity index is 2.27. The minimum Gasteiger partial charge on any atom is -0.508 e. The third-order valence-electron chi connectivity index (χ3n) is 3.56. The summed E-state index contributed by atoms with van der Waals surface area (Å²) in [4.78, 5) is 12.9. The van der Waals surface area contributed by atoms with E-state index in [2.05, 4.69) is 0 Å². The topological polar surface area (TPSA) is 55.8 Å². The highest BCUT2D eigenvalue weighted by Gasteiger charge is 2.22. The summed E-state index contributed by atoms with van der Waals surface area (Å²) in [5.74, 6) is 0.466. The molecule has 1 aromatic carbocycles. The molecule has 5 heteroatoms. The number of carbonyl (C=O) groups is 1. The Bertz CT molecular complexity index is 814. The van der Waals surface area contributed by atoms with Crippen molar-refractivity contribution in [2.24, 2.45) is 0 Å². The van der Waals surface area contributed by atoms with Gasteiger partial charge in [0, 0.05) is 11.6 Å². The fourth-order valence-corrected chi connectivity index (χ4v) is 3.48. The van der Waals surface area contributed by atoms with E-state index in [-0.39, 0.29) is 5.75 Å². The van der Waals surface area contributed by atoms with Crippen molar-refractivity contribution in [1.29, 1.82) is 0 Å². The molecule has 23 heavy (non-hydrogen) atoms. The van der Waals surface area contributed by atoms with Gasteiger partial charge in [0.15, 0.2) is 0 Å². The zero-order valence-electron chi connectivity index (χ0n) is 12.8. The molecule has 0 saturated carbocycles. The van der Waals surface area contributed by atoms with Crippen LogP contribution >= 0.6 is 11.3 Å². The minimum atomic E-state index is -0.408. The van der Waals surface area contributed by atoms with E-state index in [1.54, 1.807) is 43.6 Å². The molecule has 0 aliphatic heterocycles. The van der Waals surface area contributed by atoms with Gasteiger partial charge in [-0.1, -0.05) is 6.07 Å². The number of hydrogen-bond donors (Lipinski definition) is 1. The molecule has 1 aliphatic carbocycles. The number of rotatable bonds is 3. The Hall–Kier alpha value is -2.53. The molecule has 118 valence electrons. The van der Waals surface area contributed by atoms with Crippen LogP contribution in [0.25, 0.3) is 17.4 Å². The fourth-order valence-electron chi connectivity index (χ4n) is 2.58. The van der Waals surface area contributed by atoms with E-state index in [4.69, 9.17) is 9.47 Å². The van der Waals surface area contributed by atoms with E-state index in [9.17, 15) is 9.90 Å². The van der Waals surface area contributed by atoms with Crippen LogP contribution in [0.15, 0.2) is 35.7 Å². The van der Waals surface area contributed by atoms with E-state index in [0.717, 1.165) is 27.3 Å². The number of phenols is 1. The first-order chi connectivity index (χ1) is 11.1. The van der Waals surface area contributed by atoms with Gasteiger partial charge in [0.2, 0.25) is 0 Å². The molecule has 0 atom stereocenters. The maximum atomic E-state index is 12.0. The largest absolute Gasteiger partial charge is 0.508 e. The summed E-state index contributed by atoms with van der Waals surface area (Å²) in [6.45, 7) is 2.08. The Kier molecular flexibility index (Phi) is 4.21. The molecule has 0 radical (unpaired) electrons. The lowest BCUT2D eigenvalue weighted by Crippen LogP contribution is -2.02. The summed E-state index contributed by atoms with van der Waals surface area (Å²) < 4.78 is 10.6. The van der Waals surface area contributed by atoms with Crippen molar-refractivity contribution < 1.29 is 19.4 Å². The van der Waals surface area contributed by atoms with E-state index in [1.165, 1.54) is 6.08 Å². The molecular weight excluding hydrogens is 312 g/mol. The lowest BCUT2D eigenvalue weighted by atomic mass is 9.95. The molecule has 4 nitrogen and oxygen atoms in total. The van der Waals surface area contributed by atoms with Gasteiger partial charge in [-0.2, -0.15) is 0 Å². The molecule has 0 spiro atoms. The van der Waals surface area contributed by atoms with Crippen molar-refractivity contribution >= 4 is 34.7 Å². The van der Waals surface area contributed by atoms with Gasteiger partial charge in [-0.15, -0.1) is 11.3 Å². The van der Waals surface area contributed by atoms with Crippen molar-refractivity contribution in [3.63, 3.8) is 0 Å². The normalized spacial score (nSPS) is 14.5. The van der Waals surface area contributed by atoms with Gasteiger partial charge in [-0.25, -0.2) is 4.79 Å². The zero-order chi connectivity index (χ0) is 16.4. The van der Waals surface area contributed by atoms with Crippen LogP contribution in [-0.2, 0) is 14.3 Å². The molecule has 1 N–H and O–H groups in total. The Morgan fingerprint density at radius 2 is 2.13 bits per heavy atom. The van der Waals surface area contributed by atoms with Gasteiger partial charge >= 0.3 is 5.97 Å². The maximum Gasteiger partial charge on any atom is 0.331 e. The van der Waals surface area contributed by atoms with Crippen LogP contribution < -0.4 is 0 Å². The van der Waals surface area contributed by atoms with Gasteiger partial charge in [0.25, 0.3) is 0 Å². The predicted molar refractivity (Wildman–Crippen MR) is 91.0 cm³/mol. The average Bonchev–Trinajstić information content (AvgIpc) is 2.97. The SMILES string of the molecule is CCOC(=O)/C=C1/c2cc(O)ccc2C=C(OC)c2sccc21. The van der Waals surface area contributed by atoms with Crippen molar-refractivity contribution in [1.82, 2.24) is 0 Å². The number of aromatic hydroxyl groups is 1. The number of benzene rings is 1. The second-order valence-corrected chi connectivity index (χ2v) is 5.87. The molecule has 2 aromatic rings. The van der Waals surface area contributed by atoms with Gasteiger partial charge in [-0.3, -0.25) is 0 Å². The van der Waals surface area contributed by atoms with Gasteiger partial charge < -0.3 is 14.6 Å². The molecule has 0 unspecified atom stereocenters. The zero-order valence-corrected chi connectivity index (χ0v) is 13.6. The first-order valence-corrected chi connectivity index (χ1v) is 8.07. The maximum absolute atomic E-state index is 12.0. The number of carbonyl (C=O) groups excluding carboxylic acids is 1. The molecule has 0 bridgehead atoms. The van der Waals surface area contributed by atoms with Crippen LogP contribution in [0.5, 0.6) is 5.75 Å². The lowest BCUT2D eigenvalue weighted by molar-refractivity contribution is -0.137. The number of hydrogen-bond acceptors (Lipinski definition) is 5. The number of thiophene rings is 1. The van der Waals surface area contributed by atoms with Crippen LogP contribution in [0.3, 0.4) is 0 Å². The summed E-state index contributed by atoms with van der Waals surface area (Å²) in [6.07, 6.45) is 3.38. The van der Waals surface area contributed by atoms with Crippen LogP contribution in [0, 0.1) is 0 Å². The Labute approximate surface area is 138 Å². The molecule has 3 rings (SSSR count). The number of ether oxygens (including phenoxy) is 2.